The second-order valence-corrected chi connectivity index (χ2v) is 7.93. The summed E-state index contributed by atoms with van der Waals surface area (Å²) in [7, 11) is 0. The Morgan fingerprint density at radius 1 is 1.06 bits per heavy atom. The maximum atomic E-state index is 13.4. The molecular formula is C25H23N3O5S. The molecule has 0 aliphatic carbocycles. The van der Waals surface area contributed by atoms with Gasteiger partial charge in [-0.15, -0.1) is 0 Å². The van der Waals surface area contributed by atoms with Crippen molar-refractivity contribution < 1.29 is 23.5 Å². The Labute approximate surface area is 202 Å². The molecule has 0 spiro atoms. The van der Waals surface area contributed by atoms with Gasteiger partial charge in [-0.1, -0.05) is 18.2 Å². The van der Waals surface area contributed by atoms with Crippen LogP contribution < -0.4 is 10.2 Å². The normalized spacial score (nSPS) is 15.5. The van der Waals surface area contributed by atoms with Gasteiger partial charge < -0.3 is 19.4 Å². The zero-order chi connectivity index (χ0) is 24.1. The van der Waals surface area contributed by atoms with Crippen molar-refractivity contribution in [2.45, 2.75) is 25.9 Å². The molecular weight excluding hydrogens is 454 g/mol. The molecule has 2 aromatic carbocycles. The number of esters is 1. The number of anilines is 2. The van der Waals surface area contributed by atoms with Gasteiger partial charge in [0.15, 0.2) is 5.11 Å². The number of thiocarbonyl (C=S) groups is 1. The van der Waals surface area contributed by atoms with E-state index in [4.69, 9.17) is 21.4 Å². The standard InChI is InChI=1S/C25H23N3O5S/c1-2-32-24(31)17-10-12-18(13-11-17)26-22(29)15-21-23(30)28(19-7-4-3-5-8-19)25(34)27(21)16-20-9-6-14-33-20/h3-14,21H,2,15-16H2,1H3,(H,26,29)/t21-/m0/s1. The van der Waals surface area contributed by atoms with Gasteiger partial charge in [-0.05, 0) is 67.7 Å². The summed E-state index contributed by atoms with van der Waals surface area (Å²) in [5.41, 5.74) is 1.53. The van der Waals surface area contributed by atoms with E-state index in [1.165, 1.54) is 4.90 Å². The van der Waals surface area contributed by atoms with E-state index in [-0.39, 0.29) is 31.4 Å². The smallest absolute Gasteiger partial charge is 0.338 e. The van der Waals surface area contributed by atoms with Crippen molar-refractivity contribution >= 4 is 46.5 Å². The third-order valence-corrected chi connectivity index (χ3v) is 5.71. The number of hydrogen-bond acceptors (Lipinski definition) is 6. The monoisotopic (exact) mass is 477 g/mol. The largest absolute Gasteiger partial charge is 0.467 e. The second-order valence-electron chi connectivity index (χ2n) is 7.56. The lowest BCUT2D eigenvalue weighted by molar-refractivity contribution is -0.124. The van der Waals surface area contributed by atoms with Crippen LogP contribution in [0.1, 0.15) is 29.5 Å². The molecule has 9 heteroatoms. The van der Waals surface area contributed by atoms with Crippen molar-refractivity contribution in [3.63, 3.8) is 0 Å². The highest BCUT2D eigenvalue weighted by molar-refractivity contribution is 7.80. The van der Waals surface area contributed by atoms with Gasteiger partial charge >= 0.3 is 5.97 Å². The molecule has 0 radical (unpaired) electrons. The molecule has 0 unspecified atom stereocenters. The van der Waals surface area contributed by atoms with Crippen LogP contribution in [0.25, 0.3) is 0 Å². The number of carbonyl (C=O) groups is 3. The van der Waals surface area contributed by atoms with E-state index >= 15 is 0 Å². The number of amides is 2. The van der Waals surface area contributed by atoms with Gasteiger partial charge in [0, 0.05) is 5.69 Å². The highest BCUT2D eigenvalue weighted by Gasteiger charge is 2.44. The number of carbonyl (C=O) groups excluding carboxylic acids is 3. The van der Waals surface area contributed by atoms with E-state index in [1.54, 1.807) is 66.6 Å². The van der Waals surface area contributed by atoms with Crippen LogP contribution in [0.4, 0.5) is 11.4 Å². The molecule has 2 amide bonds. The van der Waals surface area contributed by atoms with Crippen LogP contribution in [-0.2, 0) is 20.9 Å². The zero-order valence-corrected chi connectivity index (χ0v) is 19.3. The van der Waals surface area contributed by atoms with Crippen molar-refractivity contribution in [2.24, 2.45) is 0 Å². The predicted octanol–water partition coefficient (Wildman–Crippen LogP) is 3.99. The Hall–Kier alpha value is -3.98. The summed E-state index contributed by atoms with van der Waals surface area (Å²) in [5, 5.41) is 3.09. The SMILES string of the molecule is CCOC(=O)c1ccc(NC(=O)C[C@H]2C(=O)N(c3ccccc3)C(=S)N2Cc2ccco2)cc1. The lowest BCUT2D eigenvalue weighted by Gasteiger charge is -2.22. The Bertz CT molecular complexity index is 1180. The van der Waals surface area contributed by atoms with E-state index in [0.717, 1.165) is 0 Å². The molecule has 1 aliphatic rings. The van der Waals surface area contributed by atoms with Crippen LogP contribution in [0.15, 0.2) is 77.4 Å². The van der Waals surface area contributed by atoms with E-state index in [1.807, 2.05) is 18.2 Å². The first-order chi connectivity index (χ1) is 16.5. The number of furan rings is 1. The van der Waals surface area contributed by atoms with Crippen molar-refractivity contribution in [1.82, 2.24) is 4.90 Å². The van der Waals surface area contributed by atoms with Gasteiger partial charge in [0.05, 0.1) is 37.1 Å². The van der Waals surface area contributed by atoms with E-state index < -0.39 is 12.0 Å². The van der Waals surface area contributed by atoms with Crippen LogP contribution in [0.3, 0.4) is 0 Å². The number of benzene rings is 2. The van der Waals surface area contributed by atoms with Gasteiger partial charge in [-0.2, -0.15) is 0 Å². The molecule has 1 aliphatic heterocycles. The molecule has 34 heavy (non-hydrogen) atoms. The highest BCUT2D eigenvalue weighted by Crippen LogP contribution is 2.29. The highest BCUT2D eigenvalue weighted by atomic mass is 32.1. The number of nitrogens with zero attached hydrogens (tertiary/aromatic N) is 2. The second kappa shape index (κ2) is 10.3. The minimum atomic E-state index is -0.795. The average Bonchev–Trinajstić information content (AvgIpc) is 3.43. The molecule has 4 rings (SSSR count). The van der Waals surface area contributed by atoms with Gasteiger partial charge in [0.1, 0.15) is 11.8 Å². The summed E-state index contributed by atoms with van der Waals surface area (Å²) in [6.07, 6.45) is 1.44. The molecule has 1 fully saturated rings. The summed E-state index contributed by atoms with van der Waals surface area (Å²) in [4.78, 5) is 41.2. The fourth-order valence-electron chi connectivity index (χ4n) is 3.69. The Morgan fingerprint density at radius 2 is 1.79 bits per heavy atom. The van der Waals surface area contributed by atoms with E-state index in [0.29, 0.717) is 27.8 Å². The first-order valence-electron chi connectivity index (χ1n) is 10.8. The maximum absolute atomic E-state index is 13.4. The summed E-state index contributed by atoms with van der Waals surface area (Å²) in [5.74, 6) is -0.440. The molecule has 0 bridgehead atoms. The van der Waals surface area contributed by atoms with Gasteiger partial charge in [-0.3, -0.25) is 14.5 Å². The van der Waals surface area contributed by atoms with Crippen LogP contribution in [-0.4, -0.2) is 40.4 Å². The van der Waals surface area contributed by atoms with Crippen molar-refractivity contribution in [3.8, 4) is 0 Å². The van der Waals surface area contributed by atoms with Crippen LogP contribution in [0.2, 0.25) is 0 Å². The van der Waals surface area contributed by atoms with E-state index in [9.17, 15) is 14.4 Å². The van der Waals surface area contributed by atoms with Crippen LogP contribution in [0.5, 0.6) is 0 Å². The first kappa shape index (κ1) is 23.2. The molecule has 1 N–H and O–H groups in total. The number of nitrogens with one attached hydrogen (secondary N) is 1. The summed E-state index contributed by atoms with van der Waals surface area (Å²) < 4.78 is 10.4. The number of ether oxygens (including phenoxy) is 1. The molecule has 0 saturated carbocycles. The van der Waals surface area contributed by atoms with Gasteiger partial charge in [0.2, 0.25) is 5.91 Å². The van der Waals surface area contributed by atoms with Gasteiger partial charge in [-0.25, -0.2) is 4.79 Å². The molecule has 2 heterocycles. The topological polar surface area (TPSA) is 92.1 Å². The Morgan fingerprint density at radius 3 is 2.44 bits per heavy atom. The van der Waals surface area contributed by atoms with Crippen molar-refractivity contribution in [1.29, 1.82) is 0 Å². The van der Waals surface area contributed by atoms with Crippen molar-refractivity contribution in [3.05, 3.63) is 84.3 Å². The lowest BCUT2D eigenvalue weighted by Crippen LogP contribution is -2.37. The summed E-state index contributed by atoms with van der Waals surface area (Å²) in [6.45, 7) is 2.27. The summed E-state index contributed by atoms with van der Waals surface area (Å²) in [6, 6.07) is 18.2. The number of hydrogen-bond donors (Lipinski definition) is 1. The van der Waals surface area contributed by atoms with Crippen LogP contribution >= 0.6 is 12.2 Å². The molecule has 1 atom stereocenters. The number of para-hydroxylation sites is 1. The molecule has 174 valence electrons. The first-order valence-corrected chi connectivity index (χ1v) is 11.2. The third kappa shape index (κ3) is 4.99. The van der Waals surface area contributed by atoms with Gasteiger partial charge in [0.25, 0.3) is 5.91 Å². The van der Waals surface area contributed by atoms with Crippen molar-refractivity contribution in [2.75, 3.05) is 16.8 Å². The average molecular weight is 478 g/mol. The minimum absolute atomic E-state index is 0.108. The zero-order valence-electron chi connectivity index (χ0n) is 18.5. The summed E-state index contributed by atoms with van der Waals surface area (Å²) >= 11 is 5.63. The van der Waals surface area contributed by atoms with Crippen LogP contribution in [0, 0.1) is 0 Å². The predicted molar refractivity (Wildman–Crippen MR) is 130 cm³/mol. The lowest BCUT2D eigenvalue weighted by atomic mass is 10.1. The molecule has 1 saturated heterocycles. The molecule has 8 nitrogen and oxygen atoms in total. The fraction of sp³-hybridized carbons (Fsp3) is 0.200. The number of rotatable bonds is 8. The molecule has 1 aromatic heterocycles. The van der Waals surface area contributed by atoms with E-state index in [2.05, 4.69) is 5.32 Å². The maximum Gasteiger partial charge on any atom is 0.338 e. The molecule has 3 aromatic rings. The quantitative estimate of drug-likeness (QED) is 0.387. The third-order valence-electron chi connectivity index (χ3n) is 5.30. The fourth-order valence-corrected chi connectivity index (χ4v) is 4.08. The Kier molecular flexibility index (Phi) is 7.03. The Balaban J connectivity index is 1.50. The minimum Gasteiger partial charge on any atom is -0.467 e.